The molecule has 0 aliphatic carbocycles. The van der Waals surface area contributed by atoms with E-state index in [0.717, 1.165) is 6.54 Å². The molecule has 0 fully saturated rings. The van der Waals surface area contributed by atoms with E-state index in [9.17, 15) is 0 Å². The van der Waals surface area contributed by atoms with Gasteiger partial charge in [0.2, 0.25) is 0 Å². The van der Waals surface area contributed by atoms with E-state index < -0.39 is 0 Å². The minimum Gasteiger partial charge on any atom is -0.390 e. The van der Waals surface area contributed by atoms with E-state index in [4.69, 9.17) is 5.11 Å². The average Bonchev–Trinajstić information content (AvgIpc) is 2.76. The van der Waals surface area contributed by atoms with Crippen molar-refractivity contribution in [1.82, 2.24) is 15.0 Å². The minimum atomic E-state index is -0.0519. The van der Waals surface area contributed by atoms with Crippen LogP contribution in [0.25, 0.3) is 0 Å². The maximum Gasteiger partial charge on any atom is 0.108 e. The molecule has 1 N–H and O–H groups in total. The van der Waals surface area contributed by atoms with Gasteiger partial charge < -0.3 is 5.11 Å². The quantitative estimate of drug-likeness (QED) is 0.791. The van der Waals surface area contributed by atoms with Gasteiger partial charge in [0.15, 0.2) is 0 Å². The lowest BCUT2D eigenvalue weighted by Crippen LogP contribution is -1.98. The fraction of sp³-hybridized carbons (Fsp3) is 0.250. The molecule has 0 spiro atoms. The Kier molecular flexibility index (Phi) is 2.37. The summed E-state index contributed by atoms with van der Waals surface area (Å²) < 4.78 is 1.72. The van der Waals surface area contributed by atoms with E-state index in [2.05, 4.69) is 15.7 Å². The molecule has 0 aliphatic rings. The van der Waals surface area contributed by atoms with Gasteiger partial charge in [0.1, 0.15) is 5.69 Å². The molecule has 4 nitrogen and oxygen atoms in total. The largest absolute Gasteiger partial charge is 0.390 e. The first-order chi connectivity index (χ1) is 6.38. The zero-order valence-corrected chi connectivity index (χ0v) is 7.74. The molecule has 2 rings (SSSR count). The van der Waals surface area contributed by atoms with E-state index in [0.29, 0.717) is 5.69 Å². The van der Waals surface area contributed by atoms with Crippen molar-refractivity contribution in [2.24, 2.45) is 0 Å². The van der Waals surface area contributed by atoms with Crippen LogP contribution in [0, 0.1) is 0 Å². The first-order valence-corrected chi connectivity index (χ1v) is 4.83. The van der Waals surface area contributed by atoms with Crippen LogP contribution in [0.4, 0.5) is 0 Å². The first-order valence-electron chi connectivity index (χ1n) is 3.89. The predicted molar refractivity (Wildman–Crippen MR) is 49.4 cm³/mol. The van der Waals surface area contributed by atoms with Gasteiger partial charge in [0, 0.05) is 0 Å². The Morgan fingerprint density at radius 2 is 2.46 bits per heavy atom. The molecule has 0 atom stereocenters. The number of aliphatic hydroxyl groups excluding tert-OH is 1. The lowest BCUT2D eigenvalue weighted by molar-refractivity contribution is 0.276. The first kappa shape index (κ1) is 8.40. The molecule has 0 saturated heterocycles. The zero-order valence-electron chi connectivity index (χ0n) is 6.92. The number of hydrogen-bond acceptors (Lipinski definition) is 4. The molecular weight excluding hydrogens is 186 g/mol. The van der Waals surface area contributed by atoms with E-state index in [1.54, 1.807) is 22.2 Å². The highest BCUT2D eigenvalue weighted by Crippen LogP contribution is 2.07. The summed E-state index contributed by atoms with van der Waals surface area (Å²) in [6.45, 7) is 0.667. The van der Waals surface area contributed by atoms with Crippen molar-refractivity contribution >= 4 is 11.3 Å². The van der Waals surface area contributed by atoms with E-state index in [-0.39, 0.29) is 6.61 Å². The summed E-state index contributed by atoms with van der Waals surface area (Å²) in [5, 5.41) is 20.5. The molecule has 0 saturated carbocycles. The normalized spacial score (nSPS) is 10.5. The molecule has 2 aromatic rings. The van der Waals surface area contributed by atoms with Gasteiger partial charge in [-0.2, -0.15) is 11.3 Å². The summed E-state index contributed by atoms with van der Waals surface area (Å²) >= 11 is 1.66. The molecule has 0 amide bonds. The van der Waals surface area contributed by atoms with Gasteiger partial charge >= 0.3 is 0 Å². The summed E-state index contributed by atoms with van der Waals surface area (Å²) in [6, 6.07) is 2.05. The van der Waals surface area contributed by atoms with Gasteiger partial charge in [-0.25, -0.2) is 4.68 Å². The highest BCUT2D eigenvalue weighted by molar-refractivity contribution is 7.07. The molecule has 13 heavy (non-hydrogen) atoms. The van der Waals surface area contributed by atoms with E-state index in [1.165, 1.54) is 5.56 Å². The summed E-state index contributed by atoms with van der Waals surface area (Å²) in [5.41, 5.74) is 1.81. The smallest absolute Gasteiger partial charge is 0.108 e. The van der Waals surface area contributed by atoms with Crippen LogP contribution in [-0.4, -0.2) is 20.1 Å². The molecule has 0 unspecified atom stereocenters. The van der Waals surface area contributed by atoms with Gasteiger partial charge in [0.25, 0.3) is 0 Å². The van der Waals surface area contributed by atoms with Crippen LogP contribution in [0.3, 0.4) is 0 Å². The van der Waals surface area contributed by atoms with Crippen LogP contribution in [0.1, 0.15) is 11.3 Å². The van der Waals surface area contributed by atoms with Crippen LogP contribution in [-0.2, 0) is 13.2 Å². The molecule has 0 aromatic carbocycles. The van der Waals surface area contributed by atoms with Gasteiger partial charge in [-0.15, -0.1) is 5.10 Å². The fourth-order valence-electron chi connectivity index (χ4n) is 1.06. The monoisotopic (exact) mass is 195 g/mol. The second-order valence-electron chi connectivity index (χ2n) is 2.70. The molecule has 5 heteroatoms. The van der Waals surface area contributed by atoms with Crippen LogP contribution in [0.5, 0.6) is 0 Å². The second kappa shape index (κ2) is 3.68. The fourth-order valence-corrected chi connectivity index (χ4v) is 1.72. The lowest BCUT2D eigenvalue weighted by Gasteiger charge is -1.94. The topological polar surface area (TPSA) is 50.9 Å². The van der Waals surface area contributed by atoms with Crippen molar-refractivity contribution in [1.29, 1.82) is 0 Å². The Balaban J connectivity index is 2.10. The Morgan fingerprint density at radius 3 is 3.08 bits per heavy atom. The Labute approximate surface area is 79.4 Å². The number of rotatable bonds is 3. The number of nitrogens with zero attached hydrogens (tertiary/aromatic N) is 3. The van der Waals surface area contributed by atoms with Gasteiger partial charge in [-0.3, -0.25) is 0 Å². The SMILES string of the molecule is OCc1cn(Cc2ccsc2)nn1. The Morgan fingerprint density at radius 1 is 1.54 bits per heavy atom. The summed E-state index contributed by atoms with van der Waals surface area (Å²) in [5.74, 6) is 0. The van der Waals surface area contributed by atoms with Crippen LogP contribution in [0.15, 0.2) is 23.0 Å². The number of aliphatic hydroxyl groups is 1. The van der Waals surface area contributed by atoms with E-state index in [1.807, 2.05) is 11.4 Å². The molecule has 0 radical (unpaired) electrons. The predicted octanol–water partition coefficient (Wildman–Crippen LogP) is 0.880. The highest BCUT2D eigenvalue weighted by Gasteiger charge is 1.99. The Hall–Kier alpha value is -1.20. The average molecular weight is 195 g/mol. The van der Waals surface area contributed by atoms with Crippen molar-refractivity contribution < 1.29 is 5.11 Å². The molecule has 0 bridgehead atoms. The van der Waals surface area contributed by atoms with Crippen molar-refractivity contribution in [3.8, 4) is 0 Å². The van der Waals surface area contributed by atoms with Crippen LogP contribution in [0.2, 0.25) is 0 Å². The van der Waals surface area contributed by atoms with Gasteiger partial charge in [-0.05, 0) is 22.4 Å². The number of thiophene rings is 1. The maximum absolute atomic E-state index is 8.76. The van der Waals surface area contributed by atoms with E-state index >= 15 is 0 Å². The molecular formula is C8H9N3OS. The third kappa shape index (κ3) is 1.93. The Bertz CT molecular complexity index is 368. The van der Waals surface area contributed by atoms with Gasteiger partial charge in [-0.1, -0.05) is 5.21 Å². The lowest BCUT2D eigenvalue weighted by atomic mass is 10.3. The molecule has 68 valence electrons. The van der Waals surface area contributed by atoms with Crippen molar-refractivity contribution in [2.45, 2.75) is 13.2 Å². The van der Waals surface area contributed by atoms with Crippen molar-refractivity contribution in [3.05, 3.63) is 34.3 Å². The second-order valence-corrected chi connectivity index (χ2v) is 3.48. The highest BCUT2D eigenvalue weighted by atomic mass is 32.1. The summed E-state index contributed by atoms with van der Waals surface area (Å²) in [6.07, 6.45) is 1.75. The number of hydrogen-bond donors (Lipinski definition) is 1. The zero-order chi connectivity index (χ0) is 9.10. The standard InChI is InChI=1S/C8H9N3OS/c12-5-8-4-11(10-9-8)3-7-1-2-13-6-7/h1-2,4,6,12H,3,5H2. The van der Waals surface area contributed by atoms with Crippen LogP contribution >= 0.6 is 11.3 Å². The minimum absolute atomic E-state index is 0.0519. The van der Waals surface area contributed by atoms with Gasteiger partial charge in [0.05, 0.1) is 19.3 Å². The third-order valence-electron chi connectivity index (χ3n) is 1.67. The molecule has 2 heterocycles. The molecule has 0 aliphatic heterocycles. The van der Waals surface area contributed by atoms with Crippen molar-refractivity contribution in [2.75, 3.05) is 0 Å². The molecule has 2 aromatic heterocycles. The van der Waals surface area contributed by atoms with Crippen molar-refractivity contribution in [3.63, 3.8) is 0 Å². The number of aromatic nitrogens is 3. The summed E-state index contributed by atoms with van der Waals surface area (Å²) in [7, 11) is 0. The third-order valence-corrected chi connectivity index (χ3v) is 2.40. The van der Waals surface area contributed by atoms with Crippen LogP contribution < -0.4 is 0 Å². The maximum atomic E-state index is 8.76. The summed E-state index contributed by atoms with van der Waals surface area (Å²) in [4.78, 5) is 0.